The molecule has 7 heteroatoms. The van der Waals surface area contributed by atoms with Gasteiger partial charge in [0.05, 0.1) is 0 Å². The van der Waals surface area contributed by atoms with Crippen molar-refractivity contribution < 1.29 is 28.6 Å². The molecule has 0 bridgehead atoms. The number of hydrogen-bond acceptors (Lipinski definition) is 6. The largest absolute Gasteiger partial charge is 0.450 e. The molecule has 0 fully saturated rings. The minimum atomic E-state index is -1.13. The summed E-state index contributed by atoms with van der Waals surface area (Å²) in [6, 6.07) is 17.9. The minimum absolute atomic E-state index is 0.0552. The van der Waals surface area contributed by atoms with Gasteiger partial charge >= 0.3 is 18.0 Å². The van der Waals surface area contributed by atoms with E-state index in [4.69, 9.17) is 14.2 Å². The third-order valence-electron chi connectivity index (χ3n) is 5.33. The van der Waals surface area contributed by atoms with Crippen LogP contribution in [0.25, 0.3) is 0 Å². The molecule has 0 saturated carbocycles. The summed E-state index contributed by atoms with van der Waals surface area (Å²) in [6.07, 6.45) is -1.89. The van der Waals surface area contributed by atoms with Crippen molar-refractivity contribution in [3.05, 3.63) is 71.8 Å². The molecule has 0 heterocycles. The van der Waals surface area contributed by atoms with Crippen molar-refractivity contribution in [3.8, 4) is 0 Å². The highest BCUT2D eigenvalue weighted by atomic mass is 16.6. The molecule has 7 nitrogen and oxygen atoms in total. The first kappa shape index (κ1) is 29.9. The number of amides is 1. The number of carbonyl (C=O) groups excluding carboxylic acids is 3. The lowest BCUT2D eigenvalue weighted by molar-refractivity contribution is -0.173. The lowest BCUT2D eigenvalue weighted by atomic mass is 10.0. The Morgan fingerprint density at radius 2 is 1.22 bits per heavy atom. The topological polar surface area (TPSA) is 90.9 Å². The molecule has 0 unspecified atom stereocenters. The van der Waals surface area contributed by atoms with E-state index < -0.39 is 41.9 Å². The fourth-order valence-corrected chi connectivity index (χ4v) is 3.75. The molecule has 0 radical (unpaired) electrons. The zero-order valence-electron chi connectivity index (χ0n) is 23.0. The molecule has 2 aromatic carbocycles. The summed E-state index contributed by atoms with van der Waals surface area (Å²) in [5.41, 5.74) is 0.895. The van der Waals surface area contributed by atoms with E-state index >= 15 is 0 Å². The molecular formula is C30H41NO6. The molecule has 0 aliphatic heterocycles. The average molecular weight is 512 g/mol. The smallest absolute Gasteiger partial charge is 0.408 e. The van der Waals surface area contributed by atoms with Crippen LogP contribution in [-0.4, -0.2) is 35.8 Å². The Bertz CT molecular complexity index is 958. The van der Waals surface area contributed by atoms with Crippen molar-refractivity contribution >= 4 is 18.0 Å². The number of ether oxygens (including phenoxy) is 3. The fraction of sp³-hybridized carbons (Fsp3) is 0.500. The molecular weight excluding hydrogens is 470 g/mol. The Morgan fingerprint density at radius 1 is 0.730 bits per heavy atom. The summed E-state index contributed by atoms with van der Waals surface area (Å²) in [4.78, 5) is 39.0. The zero-order chi connectivity index (χ0) is 27.6. The van der Waals surface area contributed by atoms with Crippen LogP contribution >= 0.6 is 0 Å². The lowest BCUT2D eigenvalue weighted by Gasteiger charge is -2.27. The number of nitrogens with one attached hydrogen (secondary N) is 1. The number of rotatable bonds is 11. The van der Waals surface area contributed by atoms with Crippen LogP contribution in [0, 0.1) is 11.8 Å². The standard InChI is InChI=1S/C30H41NO6/c1-20(2)18-24(31-29(34)37-30(5,6)7)27(32)35-25(19-21(3)4)28(33)36-26(22-14-10-8-11-15-22)23-16-12-9-13-17-23/h8-17,20-21,24-26H,18-19H2,1-7H3,(H,31,34)/t24-,25-/m0/s1. The Kier molecular flexibility index (Phi) is 11.2. The maximum Gasteiger partial charge on any atom is 0.408 e. The van der Waals surface area contributed by atoms with E-state index in [2.05, 4.69) is 5.32 Å². The molecule has 2 rings (SSSR count). The number of carbonyl (C=O) groups is 3. The first-order valence-electron chi connectivity index (χ1n) is 12.9. The van der Waals surface area contributed by atoms with Gasteiger partial charge in [-0.15, -0.1) is 0 Å². The van der Waals surface area contributed by atoms with Crippen LogP contribution in [0.3, 0.4) is 0 Å². The van der Waals surface area contributed by atoms with Gasteiger partial charge in [0.1, 0.15) is 11.6 Å². The normalized spacial score (nSPS) is 13.2. The Morgan fingerprint density at radius 3 is 1.65 bits per heavy atom. The van der Waals surface area contributed by atoms with Gasteiger partial charge in [0, 0.05) is 0 Å². The predicted molar refractivity (Wildman–Crippen MR) is 143 cm³/mol. The van der Waals surface area contributed by atoms with Crippen molar-refractivity contribution in [3.63, 3.8) is 0 Å². The first-order valence-corrected chi connectivity index (χ1v) is 12.9. The van der Waals surface area contributed by atoms with Gasteiger partial charge in [-0.1, -0.05) is 88.4 Å². The number of esters is 2. The molecule has 0 spiro atoms. The molecule has 1 amide bonds. The number of hydrogen-bond donors (Lipinski definition) is 1. The third kappa shape index (κ3) is 10.7. The van der Waals surface area contributed by atoms with Gasteiger partial charge in [-0.25, -0.2) is 14.4 Å². The van der Waals surface area contributed by atoms with Crippen LogP contribution < -0.4 is 5.32 Å². The third-order valence-corrected chi connectivity index (χ3v) is 5.33. The minimum Gasteiger partial charge on any atom is -0.450 e. The number of alkyl carbamates (subject to hydrolysis) is 1. The van der Waals surface area contributed by atoms with Gasteiger partial charge in [0.2, 0.25) is 0 Å². The van der Waals surface area contributed by atoms with Crippen molar-refractivity contribution in [1.82, 2.24) is 5.32 Å². The highest BCUT2D eigenvalue weighted by molar-refractivity contribution is 5.84. The van der Waals surface area contributed by atoms with Crippen molar-refractivity contribution in [2.24, 2.45) is 11.8 Å². The molecule has 37 heavy (non-hydrogen) atoms. The van der Waals surface area contributed by atoms with Gasteiger partial charge in [0.15, 0.2) is 12.2 Å². The van der Waals surface area contributed by atoms with Crippen molar-refractivity contribution in [2.75, 3.05) is 0 Å². The van der Waals surface area contributed by atoms with Crippen LogP contribution in [0.5, 0.6) is 0 Å². The van der Waals surface area contributed by atoms with Gasteiger partial charge in [-0.2, -0.15) is 0 Å². The van der Waals surface area contributed by atoms with E-state index in [0.717, 1.165) is 11.1 Å². The summed E-state index contributed by atoms with van der Waals surface area (Å²) in [7, 11) is 0. The summed E-state index contributed by atoms with van der Waals surface area (Å²) < 4.78 is 17.0. The van der Waals surface area contributed by atoms with E-state index in [0.29, 0.717) is 6.42 Å². The number of benzene rings is 2. The Labute approximate surface area is 220 Å². The molecule has 1 N–H and O–H groups in total. The van der Waals surface area contributed by atoms with Crippen LogP contribution in [0.4, 0.5) is 4.79 Å². The predicted octanol–water partition coefficient (Wildman–Crippen LogP) is 6.22. The van der Waals surface area contributed by atoms with Crippen LogP contribution in [0.15, 0.2) is 60.7 Å². The van der Waals surface area contributed by atoms with Crippen molar-refractivity contribution in [1.29, 1.82) is 0 Å². The first-order chi connectivity index (χ1) is 17.4. The summed E-state index contributed by atoms with van der Waals surface area (Å²) in [5.74, 6) is -1.19. The fourth-order valence-electron chi connectivity index (χ4n) is 3.75. The summed E-state index contributed by atoms with van der Waals surface area (Å²) in [5, 5.41) is 2.61. The molecule has 202 valence electrons. The second kappa shape index (κ2) is 13.8. The Balaban J connectivity index is 2.25. The van der Waals surface area contributed by atoms with E-state index in [1.165, 1.54) is 0 Å². The zero-order valence-corrected chi connectivity index (χ0v) is 23.0. The maximum atomic E-state index is 13.4. The van der Waals surface area contributed by atoms with Crippen LogP contribution in [0.1, 0.15) is 78.5 Å². The second-order valence-electron chi connectivity index (χ2n) is 11.0. The SMILES string of the molecule is CC(C)C[C@H](NC(=O)OC(C)(C)C)C(=O)O[C@@H](CC(C)C)C(=O)OC(c1ccccc1)c1ccccc1. The Hall–Kier alpha value is -3.35. The monoisotopic (exact) mass is 511 g/mol. The maximum absolute atomic E-state index is 13.4. The molecule has 0 aliphatic carbocycles. The quantitative estimate of drug-likeness (QED) is 0.285. The highest BCUT2D eigenvalue weighted by Gasteiger charge is 2.33. The van der Waals surface area contributed by atoms with Gasteiger partial charge in [-0.05, 0) is 56.6 Å². The van der Waals surface area contributed by atoms with Gasteiger partial charge in [0.25, 0.3) is 0 Å². The molecule has 2 atom stereocenters. The van der Waals surface area contributed by atoms with E-state index in [-0.39, 0.29) is 18.3 Å². The molecule has 0 aliphatic rings. The summed E-state index contributed by atoms with van der Waals surface area (Å²) in [6.45, 7) is 13.0. The summed E-state index contributed by atoms with van der Waals surface area (Å²) >= 11 is 0. The van der Waals surface area contributed by atoms with E-state index in [9.17, 15) is 14.4 Å². The second-order valence-corrected chi connectivity index (χ2v) is 11.0. The molecule has 2 aromatic rings. The van der Waals surface area contributed by atoms with Crippen molar-refractivity contribution in [2.45, 2.75) is 85.2 Å². The molecule has 0 aromatic heterocycles. The molecule has 0 saturated heterocycles. The van der Waals surface area contributed by atoms with Gasteiger partial charge < -0.3 is 19.5 Å². The van der Waals surface area contributed by atoms with E-state index in [1.54, 1.807) is 20.8 Å². The van der Waals surface area contributed by atoms with Gasteiger partial charge in [-0.3, -0.25) is 0 Å². The van der Waals surface area contributed by atoms with Crippen LogP contribution in [-0.2, 0) is 23.8 Å². The van der Waals surface area contributed by atoms with Crippen LogP contribution in [0.2, 0.25) is 0 Å². The van der Waals surface area contributed by atoms with E-state index in [1.807, 2.05) is 88.4 Å². The average Bonchev–Trinajstić information content (AvgIpc) is 2.80. The highest BCUT2D eigenvalue weighted by Crippen LogP contribution is 2.27. The lowest BCUT2D eigenvalue weighted by Crippen LogP contribution is -2.46.